The lowest BCUT2D eigenvalue weighted by Crippen LogP contribution is -2.49. The van der Waals surface area contributed by atoms with E-state index in [-0.39, 0.29) is 42.3 Å². The fourth-order valence-corrected chi connectivity index (χ4v) is 5.45. The largest absolute Gasteiger partial charge is 0.586 e. The van der Waals surface area contributed by atoms with E-state index in [1.165, 1.54) is 19.2 Å². The Kier molecular flexibility index (Phi) is 6.37. The Labute approximate surface area is 229 Å². The van der Waals surface area contributed by atoms with Crippen LogP contribution in [0.4, 0.5) is 8.78 Å². The lowest BCUT2D eigenvalue weighted by atomic mass is 9.82. The summed E-state index contributed by atoms with van der Waals surface area (Å²) in [6.07, 6.45) is -3.39. The zero-order valence-corrected chi connectivity index (χ0v) is 21.8. The van der Waals surface area contributed by atoms with Crippen molar-refractivity contribution in [3.8, 4) is 17.2 Å². The zero-order chi connectivity index (χ0) is 28.1. The minimum atomic E-state index is -3.77. The normalized spacial score (nSPS) is 25.9. The molecule has 0 aromatic heterocycles. The Morgan fingerprint density at radius 3 is 2.17 bits per heavy atom. The molecule has 0 bridgehead atoms. The molecule has 0 spiro atoms. The Bertz CT molecular complexity index is 1450. The quantitative estimate of drug-likeness (QED) is 0.435. The average molecular weight is 552 g/mol. The molecule has 1 saturated heterocycles. The molecule has 208 valence electrons. The number of rotatable bonds is 5. The second kappa shape index (κ2) is 9.78. The highest BCUT2D eigenvalue weighted by Crippen LogP contribution is 2.50. The second-order valence-electron chi connectivity index (χ2n) is 10.4. The van der Waals surface area contributed by atoms with Crippen molar-refractivity contribution in [3.05, 3.63) is 89.0 Å². The summed E-state index contributed by atoms with van der Waals surface area (Å²) in [5.41, 5.74) is 1.59. The van der Waals surface area contributed by atoms with Crippen LogP contribution in [0, 0.1) is 0 Å². The van der Waals surface area contributed by atoms with Gasteiger partial charge in [0.15, 0.2) is 11.5 Å². The lowest BCUT2D eigenvalue weighted by molar-refractivity contribution is -0.286. The molecule has 8 nitrogen and oxygen atoms in total. The van der Waals surface area contributed by atoms with Crippen molar-refractivity contribution in [2.45, 2.75) is 49.7 Å². The van der Waals surface area contributed by atoms with Crippen molar-refractivity contribution >= 4 is 11.9 Å². The first-order valence-electron chi connectivity index (χ1n) is 12.9. The van der Waals surface area contributed by atoms with Gasteiger partial charge in [-0.2, -0.15) is 0 Å². The third kappa shape index (κ3) is 4.72. The molecule has 40 heavy (non-hydrogen) atoms. The number of methoxy groups -OCH3 is 1. The Morgan fingerprint density at radius 2 is 1.52 bits per heavy atom. The van der Waals surface area contributed by atoms with Crippen LogP contribution in [0.15, 0.2) is 66.7 Å². The number of carbonyl (C=O) groups is 2. The van der Waals surface area contributed by atoms with Gasteiger partial charge in [0, 0.05) is 17.7 Å². The smallest absolute Gasteiger partial charge is 0.492 e. The standard InChI is InChI=1S/C30H27F2NO7/c1-29(16-37-24-15-26-25(14-21(24)29)39-30(31,32)40-26)28(35)33-20-12-22(17-6-4-3-5-7-17)38-23(13-20)18-8-10-19(11-9-18)27(34)36-2/h3-11,14-15,20,22-23H,12-13,16H2,1-2H3,(H,33,35)/t20-,22-,23+,29-/m0/s1. The molecule has 0 radical (unpaired) electrons. The number of benzene rings is 3. The van der Waals surface area contributed by atoms with Crippen LogP contribution in [0.2, 0.25) is 0 Å². The maximum absolute atomic E-state index is 13.8. The first kappa shape index (κ1) is 26.1. The van der Waals surface area contributed by atoms with Crippen LogP contribution in [-0.2, 0) is 19.7 Å². The molecule has 3 aliphatic rings. The summed E-state index contributed by atoms with van der Waals surface area (Å²) in [5, 5.41) is 3.17. The van der Waals surface area contributed by atoms with Crippen LogP contribution in [0.25, 0.3) is 0 Å². The summed E-state index contributed by atoms with van der Waals surface area (Å²) in [6.45, 7) is 1.75. The van der Waals surface area contributed by atoms with E-state index in [4.69, 9.17) is 14.2 Å². The van der Waals surface area contributed by atoms with E-state index in [1.807, 2.05) is 42.5 Å². The van der Waals surface area contributed by atoms with Gasteiger partial charge in [-0.1, -0.05) is 42.5 Å². The van der Waals surface area contributed by atoms with Crippen molar-refractivity contribution in [2.24, 2.45) is 0 Å². The van der Waals surface area contributed by atoms with Gasteiger partial charge in [-0.25, -0.2) is 4.79 Å². The molecule has 3 aliphatic heterocycles. The topological polar surface area (TPSA) is 92.3 Å². The van der Waals surface area contributed by atoms with Gasteiger partial charge < -0.3 is 29.0 Å². The van der Waals surface area contributed by atoms with Gasteiger partial charge in [-0.05, 0) is 49.1 Å². The van der Waals surface area contributed by atoms with E-state index in [0.717, 1.165) is 11.1 Å². The van der Waals surface area contributed by atoms with Crippen LogP contribution >= 0.6 is 0 Å². The van der Waals surface area contributed by atoms with Crippen molar-refractivity contribution < 1.29 is 42.1 Å². The third-order valence-corrected chi connectivity index (χ3v) is 7.65. The summed E-state index contributed by atoms with van der Waals surface area (Å²) in [4.78, 5) is 25.6. The summed E-state index contributed by atoms with van der Waals surface area (Å²) >= 11 is 0. The number of carbonyl (C=O) groups excluding carboxylic acids is 2. The number of halogens is 2. The van der Waals surface area contributed by atoms with Gasteiger partial charge in [0.05, 0.1) is 24.9 Å². The van der Waals surface area contributed by atoms with Crippen LogP contribution in [0.3, 0.4) is 0 Å². The SMILES string of the molecule is COC(=O)c1ccc([C@H]2C[C@@H](NC(=O)[C@@]3(C)COc4cc5c(cc43)OC(F)(F)O5)C[C@@H](c3ccccc3)O2)cc1. The van der Waals surface area contributed by atoms with Gasteiger partial charge in [-0.15, -0.1) is 8.78 Å². The minimum absolute atomic E-state index is 0.0389. The lowest BCUT2D eigenvalue weighted by Gasteiger charge is -2.37. The maximum atomic E-state index is 13.8. The van der Waals surface area contributed by atoms with Gasteiger partial charge in [-0.3, -0.25) is 4.79 Å². The van der Waals surface area contributed by atoms with Crippen molar-refractivity contribution in [2.75, 3.05) is 13.7 Å². The van der Waals surface area contributed by atoms with Crippen LogP contribution in [0.5, 0.6) is 17.2 Å². The molecule has 3 aromatic rings. The van der Waals surface area contributed by atoms with E-state index < -0.39 is 17.7 Å². The van der Waals surface area contributed by atoms with Crippen molar-refractivity contribution in [3.63, 3.8) is 0 Å². The minimum Gasteiger partial charge on any atom is -0.492 e. The molecule has 1 fully saturated rings. The number of esters is 1. The molecule has 6 rings (SSSR count). The number of amides is 1. The highest BCUT2D eigenvalue weighted by molar-refractivity contribution is 5.90. The highest BCUT2D eigenvalue weighted by atomic mass is 19.3. The summed E-state index contributed by atoms with van der Waals surface area (Å²) in [6, 6.07) is 19.2. The van der Waals surface area contributed by atoms with Gasteiger partial charge >= 0.3 is 12.3 Å². The molecule has 0 saturated carbocycles. The van der Waals surface area contributed by atoms with Gasteiger partial charge in [0.2, 0.25) is 5.91 Å². The zero-order valence-electron chi connectivity index (χ0n) is 21.8. The molecule has 0 aliphatic carbocycles. The number of hydrogen-bond donors (Lipinski definition) is 1. The molecule has 1 amide bonds. The predicted molar refractivity (Wildman–Crippen MR) is 137 cm³/mol. The molecule has 3 aromatic carbocycles. The first-order valence-corrected chi connectivity index (χ1v) is 12.9. The van der Waals surface area contributed by atoms with Gasteiger partial charge in [0.1, 0.15) is 17.8 Å². The summed E-state index contributed by atoms with van der Waals surface area (Å²) < 4.78 is 53.4. The van der Waals surface area contributed by atoms with E-state index >= 15 is 0 Å². The van der Waals surface area contributed by atoms with Crippen molar-refractivity contribution in [1.29, 1.82) is 0 Å². The van der Waals surface area contributed by atoms with Crippen LogP contribution < -0.4 is 19.5 Å². The number of nitrogens with one attached hydrogen (secondary N) is 1. The molecule has 0 unspecified atom stereocenters. The van der Waals surface area contributed by atoms with Crippen LogP contribution in [0.1, 0.15) is 59.0 Å². The van der Waals surface area contributed by atoms with Gasteiger partial charge in [0.25, 0.3) is 0 Å². The molecule has 3 heterocycles. The first-order chi connectivity index (χ1) is 19.1. The second-order valence-corrected chi connectivity index (χ2v) is 10.4. The van der Waals surface area contributed by atoms with E-state index in [1.54, 1.807) is 19.1 Å². The van der Waals surface area contributed by atoms with Crippen molar-refractivity contribution in [1.82, 2.24) is 5.32 Å². The summed E-state index contributed by atoms with van der Waals surface area (Å²) in [5.74, 6) is -0.698. The third-order valence-electron chi connectivity index (χ3n) is 7.65. The molecule has 4 atom stereocenters. The molecule has 1 N–H and O–H groups in total. The predicted octanol–water partition coefficient (Wildman–Crippen LogP) is 5.22. The number of ether oxygens (including phenoxy) is 5. The fourth-order valence-electron chi connectivity index (χ4n) is 5.45. The monoisotopic (exact) mass is 551 g/mol. The van der Waals surface area contributed by atoms with Crippen LogP contribution in [-0.4, -0.2) is 37.9 Å². The molecular weight excluding hydrogens is 524 g/mol. The average Bonchev–Trinajstić information content (AvgIpc) is 3.45. The fraction of sp³-hybridized carbons (Fsp3) is 0.333. The van der Waals surface area contributed by atoms with E-state index in [9.17, 15) is 18.4 Å². The highest BCUT2D eigenvalue weighted by Gasteiger charge is 2.49. The number of hydrogen-bond acceptors (Lipinski definition) is 7. The number of alkyl halides is 2. The molecule has 10 heteroatoms. The Hall–Kier alpha value is -4.18. The summed E-state index contributed by atoms with van der Waals surface area (Å²) in [7, 11) is 1.33. The Morgan fingerprint density at radius 1 is 0.900 bits per heavy atom. The van der Waals surface area contributed by atoms with E-state index in [2.05, 4.69) is 14.8 Å². The van der Waals surface area contributed by atoms with E-state index in [0.29, 0.717) is 29.7 Å². The Balaban J connectivity index is 1.25. The molecular formula is C30H27F2NO7. The number of fused-ring (bicyclic) bond motifs is 2. The maximum Gasteiger partial charge on any atom is 0.586 e.